The predicted octanol–water partition coefficient (Wildman–Crippen LogP) is 3.27. The molecule has 1 atom stereocenters. The fourth-order valence-corrected chi connectivity index (χ4v) is 0.987. The molecule has 3 nitrogen and oxygen atoms in total. The van der Waals surface area contributed by atoms with Gasteiger partial charge in [0, 0.05) is 10.8 Å². The van der Waals surface area contributed by atoms with Gasteiger partial charge in [0.15, 0.2) is 12.0 Å². The Morgan fingerprint density at radius 2 is 1.54 bits per heavy atom. The van der Waals surface area contributed by atoms with Gasteiger partial charge in [0.1, 0.15) is 0 Å². The molecule has 0 aromatic heterocycles. The Balaban J connectivity index is 2.84. The van der Waals surface area contributed by atoms with E-state index in [4.69, 9.17) is 0 Å². The lowest BCUT2D eigenvalue weighted by Crippen LogP contribution is -2.22. The molecule has 74 valence electrons. The van der Waals surface area contributed by atoms with Crippen LogP contribution in [0, 0.1) is 10.8 Å². The van der Waals surface area contributed by atoms with E-state index in [0.29, 0.717) is 0 Å². The monoisotopic (exact) mass is 181 g/mol. The topological polar surface area (TPSA) is 37.1 Å². The molecule has 1 heterocycles. The van der Waals surface area contributed by atoms with Crippen molar-refractivity contribution >= 4 is 5.84 Å². The quantitative estimate of drug-likeness (QED) is 0.550. The summed E-state index contributed by atoms with van der Waals surface area (Å²) in [5.74, 6) is 0.868. The summed E-state index contributed by atoms with van der Waals surface area (Å²) in [5, 5.41) is 8.31. The van der Waals surface area contributed by atoms with Gasteiger partial charge in [-0.25, -0.2) is 4.99 Å². The average molecular weight is 181 g/mol. The van der Waals surface area contributed by atoms with Crippen LogP contribution in [0.5, 0.6) is 0 Å². The molecule has 3 heteroatoms. The third-order valence-electron chi connectivity index (χ3n) is 1.95. The van der Waals surface area contributed by atoms with Crippen molar-refractivity contribution in [1.82, 2.24) is 0 Å². The number of amidine groups is 1. The van der Waals surface area contributed by atoms with Crippen LogP contribution in [-0.2, 0) is 0 Å². The smallest absolute Gasteiger partial charge is 0.167 e. The van der Waals surface area contributed by atoms with E-state index in [0.717, 1.165) is 5.84 Å². The van der Waals surface area contributed by atoms with Crippen LogP contribution < -0.4 is 0 Å². The summed E-state index contributed by atoms with van der Waals surface area (Å²) < 4.78 is 0. The van der Waals surface area contributed by atoms with Crippen LogP contribution in [0.2, 0.25) is 0 Å². The molecule has 0 amide bonds. The number of nitrogens with zero attached hydrogens (tertiary/aromatic N) is 3. The first kappa shape index (κ1) is 10.4. The summed E-state index contributed by atoms with van der Waals surface area (Å²) in [4.78, 5) is 4.51. The van der Waals surface area contributed by atoms with Gasteiger partial charge in [-0.3, -0.25) is 0 Å². The van der Waals surface area contributed by atoms with Crippen molar-refractivity contribution in [3.8, 4) is 0 Å². The number of rotatable bonds is 0. The Bertz CT molecular complexity index is 250. The van der Waals surface area contributed by atoms with E-state index in [9.17, 15) is 0 Å². The molecule has 0 radical (unpaired) electrons. The minimum atomic E-state index is 0.00160. The van der Waals surface area contributed by atoms with E-state index < -0.39 is 0 Å². The van der Waals surface area contributed by atoms with Gasteiger partial charge < -0.3 is 0 Å². The maximum atomic E-state index is 4.51. The highest BCUT2D eigenvalue weighted by Crippen LogP contribution is 2.30. The van der Waals surface area contributed by atoms with Crippen molar-refractivity contribution in [2.45, 2.75) is 47.7 Å². The van der Waals surface area contributed by atoms with Crippen molar-refractivity contribution < 1.29 is 0 Å². The summed E-state index contributed by atoms with van der Waals surface area (Å²) in [6.45, 7) is 12.7. The number of aliphatic imine (C=N–C) groups is 1. The van der Waals surface area contributed by atoms with Gasteiger partial charge in [-0.1, -0.05) is 41.5 Å². The molecule has 1 aliphatic rings. The second-order valence-electron chi connectivity index (χ2n) is 5.66. The molecule has 0 aliphatic carbocycles. The molecule has 0 aromatic carbocycles. The largest absolute Gasteiger partial charge is 0.239 e. The zero-order valence-electron chi connectivity index (χ0n) is 9.42. The van der Waals surface area contributed by atoms with Crippen molar-refractivity contribution in [2.24, 2.45) is 26.1 Å². The molecular weight excluding hydrogens is 162 g/mol. The highest BCUT2D eigenvalue weighted by Gasteiger charge is 2.31. The fraction of sp³-hybridized carbons (Fsp3) is 0.900. The standard InChI is InChI=1S/C10H19N3/c1-9(2,3)7-11-8(13-12-7)10(4,5)6/h7H,1-6H3. The van der Waals surface area contributed by atoms with Gasteiger partial charge >= 0.3 is 0 Å². The summed E-state index contributed by atoms with van der Waals surface area (Å²) in [5.41, 5.74) is 0.0972. The Kier molecular flexibility index (Phi) is 2.30. The van der Waals surface area contributed by atoms with Gasteiger partial charge in [-0.15, -0.1) is 5.11 Å². The summed E-state index contributed by atoms with van der Waals surface area (Å²) in [7, 11) is 0. The lowest BCUT2D eigenvalue weighted by molar-refractivity contribution is 0.330. The van der Waals surface area contributed by atoms with Crippen LogP contribution in [0.1, 0.15) is 41.5 Å². The Morgan fingerprint density at radius 1 is 1.00 bits per heavy atom. The molecule has 0 bridgehead atoms. The van der Waals surface area contributed by atoms with E-state index in [1.165, 1.54) is 0 Å². The number of hydrogen-bond donors (Lipinski definition) is 0. The molecule has 0 fully saturated rings. The van der Waals surface area contributed by atoms with Gasteiger partial charge in [-0.05, 0) is 0 Å². The van der Waals surface area contributed by atoms with Crippen molar-refractivity contribution in [3.05, 3.63) is 0 Å². The molecule has 0 saturated heterocycles. The first-order chi connectivity index (χ1) is 5.71. The predicted molar refractivity (Wildman–Crippen MR) is 55.0 cm³/mol. The van der Waals surface area contributed by atoms with Crippen LogP contribution in [-0.4, -0.2) is 12.0 Å². The zero-order valence-corrected chi connectivity index (χ0v) is 9.42. The normalized spacial score (nSPS) is 23.5. The maximum absolute atomic E-state index is 4.51. The van der Waals surface area contributed by atoms with Gasteiger partial charge in [-0.2, -0.15) is 5.11 Å². The number of hydrogen-bond acceptors (Lipinski definition) is 3. The van der Waals surface area contributed by atoms with E-state index in [-0.39, 0.29) is 17.0 Å². The molecule has 1 unspecified atom stereocenters. The molecule has 0 N–H and O–H groups in total. The second-order valence-corrected chi connectivity index (χ2v) is 5.66. The van der Waals surface area contributed by atoms with E-state index in [1.54, 1.807) is 0 Å². The van der Waals surface area contributed by atoms with E-state index in [1.807, 2.05) is 0 Å². The molecule has 1 rings (SSSR count). The van der Waals surface area contributed by atoms with Crippen molar-refractivity contribution in [2.75, 3.05) is 0 Å². The third kappa shape index (κ3) is 2.36. The lowest BCUT2D eigenvalue weighted by atomic mass is 9.92. The van der Waals surface area contributed by atoms with Crippen molar-refractivity contribution in [3.63, 3.8) is 0 Å². The van der Waals surface area contributed by atoms with Crippen LogP contribution in [0.4, 0.5) is 0 Å². The van der Waals surface area contributed by atoms with Crippen LogP contribution in [0.25, 0.3) is 0 Å². The number of azo groups is 1. The summed E-state index contributed by atoms with van der Waals surface area (Å²) in [6.07, 6.45) is 0.00160. The first-order valence-electron chi connectivity index (χ1n) is 4.70. The molecule has 1 aliphatic heterocycles. The minimum absolute atomic E-state index is 0.00160. The minimum Gasteiger partial charge on any atom is -0.239 e. The van der Waals surface area contributed by atoms with Crippen molar-refractivity contribution in [1.29, 1.82) is 0 Å². The maximum Gasteiger partial charge on any atom is 0.167 e. The van der Waals surface area contributed by atoms with Gasteiger partial charge in [0.05, 0.1) is 0 Å². The molecule has 13 heavy (non-hydrogen) atoms. The Morgan fingerprint density at radius 3 is 1.77 bits per heavy atom. The lowest BCUT2D eigenvalue weighted by Gasteiger charge is -2.20. The fourth-order valence-electron chi connectivity index (χ4n) is 0.987. The molecule has 0 saturated carbocycles. The average Bonchev–Trinajstić information content (AvgIpc) is 2.28. The molecular formula is C10H19N3. The highest BCUT2D eigenvalue weighted by molar-refractivity contribution is 5.88. The second kappa shape index (κ2) is 2.89. The van der Waals surface area contributed by atoms with E-state index in [2.05, 4.69) is 56.8 Å². The van der Waals surface area contributed by atoms with Crippen LogP contribution in [0.15, 0.2) is 15.2 Å². The van der Waals surface area contributed by atoms with Gasteiger partial charge in [0.2, 0.25) is 0 Å². The summed E-state index contributed by atoms with van der Waals surface area (Å²) in [6, 6.07) is 0. The van der Waals surface area contributed by atoms with Crippen LogP contribution >= 0.6 is 0 Å². The zero-order chi connectivity index (χ0) is 10.3. The SMILES string of the molecule is CC(C)(C)C1=NC(C(C)(C)C)N=N1. The Hall–Kier alpha value is -0.730. The van der Waals surface area contributed by atoms with E-state index >= 15 is 0 Å². The Labute approximate surface area is 80.4 Å². The van der Waals surface area contributed by atoms with Crippen LogP contribution in [0.3, 0.4) is 0 Å². The van der Waals surface area contributed by atoms with Gasteiger partial charge in [0.25, 0.3) is 0 Å². The highest BCUT2D eigenvalue weighted by atomic mass is 15.3. The first-order valence-corrected chi connectivity index (χ1v) is 4.70. The molecule has 0 aromatic rings. The molecule has 0 spiro atoms. The summed E-state index contributed by atoms with van der Waals surface area (Å²) >= 11 is 0. The third-order valence-corrected chi connectivity index (χ3v) is 1.95.